The topological polar surface area (TPSA) is 44.8 Å². The lowest BCUT2D eigenvalue weighted by molar-refractivity contribution is 0.0300. The number of halogens is 2. The Hall–Kier alpha value is -0.970. The van der Waals surface area contributed by atoms with Gasteiger partial charge in [0, 0.05) is 6.61 Å². The van der Waals surface area contributed by atoms with E-state index in [9.17, 15) is 4.79 Å². The third-order valence-electron chi connectivity index (χ3n) is 2.77. The smallest absolute Gasteiger partial charge is 0.343 e. The van der Waals surface area contributed by atoms with Gasteiger partial charge in [0.15, 0.2) is 5.75 Å². The average Bonchev–Trinajstić information content (AvgIpc) is 2.44. The summed E-state index contributed by atoms with van der Waals surface area (Å²) < 4.78 is 15.6. The summed E-state index contributed by atoms with van der Waals surface area (Å²) in [5.41, 5.74) is 0.133. The van der Waals surface area contributed by atoms with Gasteiger partial charge in [-0.3, -0.25) is 0 Å². The molecular weight excluding hydrogens is 315 g/mol. The van der Waals surface area contributed by atoms with E-state index < -0.39 is 5.97 Å². The summed E-state index contributed by atoms with van der Waals surface area (Å²) in [5, 5.41) is 0.545. The quantitative estimate of drug-likeness (QED) is 0.527. The molecule has 0 unspecified atom stereocenters. The fourth-order valence-electron chi connectivity index (χ4n) is 1.61. The zero-order valence-electron chi connectivity index (χ0n) is 12.4. The molecule has 0 saturated heterocycles. The SMILES string of the molecule is COc1c(Cl)ccc(Cl)c1C(=O)OCCOCCC(C)C. The summed E-state index contributed by atoms with van der Waals surface area (Å²) in [6.07, 6.45) is 0.974. The Morgan fingerprint density at radius 3 is 2.43 bits per heavy atom. The minimum absolute atomic E-state index is 0.133. The largest absolute Gasteiger partial charge is 0.494 e. The van der Waals surface area contributed by atoms with Crippen molar-refractivity contribution < 1.29 is 19.0 Å². The van der Waals surface area contributed by atoms with Crippen LogP contribution >= 0.6 is 23.2 Å². The molecule has 0 aromatic heterocycles. The summed E-state index contributed by atoms with van der Waals surface area (Å²) in [7, 11) is 1.42. The molecule has 0 heterocycles. The van der Waals surface area contributed by atoms with Gasteiger partial charge >= 0.3 is 5.97 Å². The second-order valence-electron chi connectivity index (χ2n) is 4.87. The first-order valence-corrected chi connectivity index (χ1v) is 7.49. The van der Waals surface area contributed by atoms with Crippen molar-refractivity contribution in [3.05, 3.63) is 27.7 Å². The molecule has 1 aromatic rings. The predicted octanol–water partition coefficient (Wildman–Crippen LogP) is 4.22. The van der Waals surface area contributed by atoms with Crippen molar-refractivity contribution >= 4 is 29.2 Å². The number of methoxy groups -OCH3 is 1. The maximum absolute atomic E-state index is 12.0. The van der Waals surface area contributed by atoms with Gasteiger partial charge in [-0.2, -0.15) is 0 Å². The molecule has 4 nitrogen and oxygen atoms in total. The molecule has 0 atom stereocenters. The van der Waals surface area contributed by atoms with Gasteiger partial charge in [-0.1, -0.05) is 37.0 Å². The number of carbonyl (C=O) groups is 1. The molecule has 0 amide bonds. The van der Waals surface area contributed by atoms with Crippen molar-refractivity contribution in [1.29, 1.82) is 0 Å². The Balaban J connectivity index is 2.51. The molecule has 0 aliphatic heterocycles. The molecule has 6 heteroatoms. The van der Waals surface area contributed by atoms with Crippen LogP contribution in [0.1, 0.15) is 30.6 Å². The van der Waals surface area contributed by atoms with Crippen LogP contribution in [0.25, 0.3) is 0 Å². The van der Waals surface area contributed by atoms with Crippen molar-refractivity contribution in [2.45, 2.75) is 20.3 Å². The Kier molecular flexibility index (Phi) is 7.86. The van der Waals surface area contributed by atoms with E-state index in [0.717, 1.165) is 6.42 Å². The highest BCUT2D eigenvalue weighted by Crippen LogP contribution is 2.34. The Labute approximate surface area is 135 Å². The minimum Gasteiger partial charge on any atom is -0.494 e. The molecular formula is C15H20Cl2O4. The molecule has 0 fully saturated rings. The summed E-state index contributed by atoms with van der Waals surface area (Å²) in [6, 6.07) is 3.09. The van der Waals surface area contributed by atoms with Crippen LogP contribution in [0.4, 0.5) is 0 Å². The number of hydrogen-bond acceptors (Lipinski definition) is 4. The Morgan fingerprint density at radius 1 is 1.14 bits per heavy atom. The number of rotatable bonds is 8. The number of esters is 1. The van der Waals surface area contributed by atoms with E-state index in [-0.39, 0.29) is 22.9 Å². The van der Waals surface area contributed by atoms with Gasteiger partial charge in [0.2, 0.25) is 0 Å². The Morgan fingerprint density at radius 2 is 1.81 bits per heavy atom. The maximum atomic E-state index is 12.0. The minimum atomic E-state index is -0.577. The lowest BCUT2D eigenvalue weighted by Gasteiger charge is -2.12. The van der Waals surface area contributed by atoms with Gasteiger partial charge in [0.1, 0.15) is 12.2 Å². The van der Waals surface area contributed by atoms with Crippen molar-refractivity contribution in [3.63, 3.8) is 0 Å². The van der Waals surface area contributed by atoms with Crippen LogP contribution in [0.3, 0.4) is 0 Å². The molecule has 0 aliphatic rings. The summed E-state index contributed by atoms with van der Waals surface area (Å²) in [4.78, 5) is 12.0. The summed E-state index contributed by atoms with van der Waals surface area (Å²) in [6.45, 7) is 5.39. The van der Waals surface area contributed by atoms with Crippen LogP contribution in [0, 0.1) is 5.92 Å². The lowest BCUT2D eigenvalue weighted by Crippen LogP contribution is -2.13. The monoisotopic (exact) mass is 334 g/mol. The molecule has 118 valence electrons. The second kappa shape index (κ2) is 9.13. The molecule has 1 rings (SSSR count). The van der Waals surface area contributed by atoms with Crippen molar-refractivity contribution in [3.8, 4) is 5.75 Å². The molecule has 0 radical (unpaired) electrons. The van der Waals surface area contributed by atoms with E-state index in [1.807, 2.05) is 0 Å². The number of benzene rings is 1. The standard InChI is InChI=1S/C15H20Cl2O4/c1-10(2)6-7-20-8-9-21-15(18)13-11(16)4-5-12(17)14(13)19-3/h4-5,10H,6-9H2,1-3H3. The van der Waals surface area contributed by atoms with Gasteiger partial charge in [0.05, 0.1) is 23.8 Å². The van der Waals surface area contributed by atoms with E-state index in [2.05, 4.69) is 13.8 Å². The second-order valence-corrected chi connectivity index (χ2v) is 5.68. The van der Waals surface area contributed by atoms with E-state index in [0.29, 0.717) is 24.2 Å². The zero-order valence-corrected chi connectivity index (χ0v) is 14.0. The van der Waals surface area contributed by atoms with E-state index in [4.69, 9.17) is 37.4 Å². The number of ether oxygens (including phenoxy) is 3. The molecule has 0 bridgehead atoms. The maximum Gasteiger partial charge on any atom is 0.343 e. The van der Waals surface area contributed by atoms with Crippen molar-refractivity contribution in [1.82, 2.24) is 0 Å². The van der Waals surface area contributed by atoms with Crippen LogP contribution in [0.15, 0.2) is 12.1 Å². The fourth-order valence-corrected chi connectivity index (χ4v) is 2.07. The first-order valence-electron chi connectivity index (χ1n) is 6.74. The highest BCUT2D eigenvalue weighted by molar-refractivity contribution is 6.37. The molecule has 1 aromatic carbocycles. The van der Waals surface area contributed by atoms with Crippen LogP contribution < -0.4 is 4.74 Å². The zero-order chi connectivity index (χ0) is 15.8. The number of hydrogen-bond donors (Lipinski definition) is 0. The summed E-state index contributed by atoms with van der Waals surface area (Å²) >= 11 is 12.0. The Bertz CT molecular complexity index is 475. The van der Waals surface area contributed by atoms with E-state index >= 15 is 0 Å². The highest BCUT2D eigenvalue weighted by Gasteiger charge is 2.20. The van der Waals surface area contributed by atoms with Crippen molar-refractivity contribution in [2.24, 2.45) is 5.92 Å². The van der Waals surface area contributed by atoms with E-state index in [1.165, 1.54) is 13.2 Å². The van der Waals surface area contributed by atoms with Gasteiger partial charge in [0.25, 0.3) is 0 Å². The third-order valence-corrected chi connectivity index (χ3v) is 3.38. The van der Waals surface area contributed by atoms with Gasteiger partial charge in [-0.05, 0) is 24.5 Å². The summed E-state index contributed by atoms with van der Waals surface area (Å²) in [5.74, 6) is 0.226. The molecule has 0 N–H and O–H groups in total. The first kappa shape index (κ1) is 18.1. The van der Waals surface area contributed by atoms with Gasteiger partial charge < -0.3 is 14.2 Å². The molecule has 0 aliphatic carbocycles. The molecule has 0 saturated carbocycles. The predicted molar refractivity (Wildman–Crippen MR) is 83.6 cm³/mol. The van der Waals surface area contributed by atoms with Crippen LogP contribution in [-0.4, -0.2) is 32.9 Å². The van der Waals surface area contributed by atoms with Crippen LogP contribution in [-0.2, 0) is 9.47 Å². The lowest BCUT2D eigenvalue weighted by atomic mass is 10.1. The van der Waals surface area contributed by atoms with E-state index in [1.54, 1.807) is 6.07 Å². The third kappa shape index (κ3) is 5.73. The highest BCUT2D eigenvalue weighted by atomic mass is 35.5. The van der Waals surface area contributed by atoms with Crippen molar-refractivity contribution in [2.75, 3.05) is 26.9 Å². The fraction of sp³-hybridized carbons (Fsp3) is 0.533. The average molecular weight is 335 g/mol. The first-order chi connectivity index (χ1) is 9.97. The molecule has 21 heavy (non-hydrogen) atoms. The number of carbonyl (C=O) groups excluding carboxylic acids is 1. The normalized spacial score (nSPS) is 10.8. The van der Waals surface area contributed by atoms with Gasteiger partial charge in [-0.25, -0.2) is 4.79 Å². The van der Waals surface area contributed by atoms with Crippen LogP contribution in [0.2, 0.25) is 10.0 Å². The molecule has 0 spiro atoms. The van der Waals surface area contributed by atoms with Gasteiger partial charge in [-0.15, -0.1) is 0 Å². The van der Waals surface area contributed by atoms with Crippen LogP contribution in [0.5, 0.6) is 5.75 Å².